The monoisotopic (exact) mass is 664 g/mol. The van der Waals surface area contributed by atoms with E-state index in [2.05, 4.69) is 13.8 Å². The van der Waals surface area contributed by atoms with Crippen LogP contribution >= 0.6 is 0 Å². The van der Waals surface area contributed by atoms with Gasteiger partial charge < -0.3 is 29.3 Å². The molecule has 0 aliphatic rings. The van der Waals surface area contributed by atoms with E-state index in [1.54, 1.807) is 36.4 Å². The van der Waals surface area contributed by atoms with E-state index in [1.807, 2.05) is 0 Å². The van der Waals surface area contributed by atoms with Gasteiger partial charge in [-0.3, -0.25) is 0 Å². The van der Waals surface area contributed by atoms with Crippen LogP contribution in [0.5, 0.6) is 11.5 Å². The van der Waals surface area contributed by atoms with Crippen LogP contribution in [0.2, 0.25) is 0 Å². The molecule has 0 radical (unpaired) electrons. The van der Waals surface area contributed by atoms with Crippen LogP contribution < -0.4 is 19.7 Å². The van der Waals surface area contributed by atoms with Crippen LogP contribution in [0, 0.1) is 0 Å². The number of carbonyl (C=O) groups is 2. The van der Waals surface area contributed by atoms with Gasteiger partial charge in [-0.25, -0.2) is 0 Å². The van der Waals surface area contributed by atoms with Gasteiger partial charge in [-0.1, -0.05) is 115 Å². The molecule has 7 heteroatoms. The van der Waals surface area contributed by atoms with Crippen LogP contribution in [-0.2, 0) is 0 Å². The predicted octanol–water partition coefficient (Wildman–Crippen LogP) is 5.98. The molecule has 0 N–H and O–H groups in total. The minimum Gasteiger partial charge on any atom is -0.545 e. The summed E-state index contributed by atoms with van der Waals surface area (Å²) < 4.78 is 11.0. The Balaban J connectivity index is 0.000000722. The Bertz CT molecular complexity index is 828. The quantitative estimate of drug-likeness (QED) is 0.128. The summed E-state index contributed by atoms with van der Waals surface area (Å²) in [5.74, 6) is -1.55. The molecule has 0 unspecified atom stereocenters. The molecule has 0 atom stereocenters. The first kappa shape index (κ1) is 37.6. The number of unbranched alkanes of at least 4 members (excludes halogenated alkanes) is 12. The van der Waals surface area contributed by atoms with Crippen molar-refractivity contribution >= 4 is 60.8 Å². The van der Waals surface area contributed by atoms with Crippen molar-refractivity contribution in [1.29, 1.82) is 0 Å². The largest absolute Gasteiger partial charge is 2.00 e. The van der Waals surface area contributed by atoms with Crippen LogP contribution in [-0.4, -0.2) is 74.0 Å². The summed E-state index contributed by atoms with van der Waals surface area (Å²) in [6, 6.07) is 13.3. The Labute approximate surface area is 276 Å². The van der Waals surface area contributed by atoms with Crippen molar-refractivity contribution in [3.05, 3.63) is 59.7 Å². The normalized spacial score (nSPS) is 10.1. The van der Waals surface area contributed by atoms with E-state index in [0.29, 0.717) is 24.7 Å². The second-order valence-corrected chi connectivity index (χ2v) is 9.51. The molecule has 6 nitrogen and oxygen atoms in total. The number of rotatable bonds is 20. The minimum absolute atomic E-state index is 0. The van der Waals surface area contributed by atoms with Crippen molar-refractivity contribution in [3.63, 3.8) is 0 Å². The van der Waals surface area contributed by atoms with Crippen LogP contribution in [0.4, 0.5) is 0 Å². The third-order valence-electron chi connectivity index (χ3n) is 6.22. The molecule has 0 bridgehead atoms. The number of ether oxygens (including phenoxy) is 2. The molecular weight excluding hydrogens is 618 g/mol. The fourth-order valence-corrected chi connectivity index (χ4v) is 4.00. The van der Waals surface area contributed by atoms with Crippen molar-refractivity contribution in [2.24, 2.45) is 0 Å². The minimum atomic E-state index is -1.19. The summed E-state index contributed by atoms with van der Waals surface area (Å²) in [6.07, 6.45) is 17.0. The van der Waals surface area contributed by atoms with Crippen LogP contribution in [0.1, 0.15) is 124 Å². The Morgan fingerprint density at radius 1 is 0.538 bits per heavy atom. The van der Waals surface area contributed by atoms with E-state index in [4.69, 9.17) is 9.47 Å². The summed E-state index contributed by atoms with van der Waals surface area (Å²) in [7, 11) is 0. The van der Waals surface area contributed by atoms with Crippen molar-refractivity contribution < 1.29 is 29.3 Å². The molecule has 0 heterocycles. The number of benzene rings is 2. The number of hydrogen-bond acceptors (Lipinski definition) is 6. The molecule has 2 rings (SSSR count). The Kier molecular flexibility index (Phi) is 24.6. The van der Waals surface area contributed by atoms with Gasteiger partial charge in [-0.2, -0.15) is 0 Å². The second-order valence-electron chi connectivity index (χ2n) is 9.51. The zero-order valence-electron chi connectivity index (χ0n) is 24.1. The first-order valence-electron chi connectivity index (χ1n) is 14.4. The maximum absolute atomic E-state index is 10.9. The molecule has 212 valence electrons. The first-order valence-corrected chi connectivity index (χ1v) is 14.4. The van der Waals surface area contributed by atoms with Crippen molar-refractivity contribution in [2.75, 3.05) is 13.2 Å². The van der Waals surface area contributed by atoms with Gasteiger partial charge in [-0.15, -0.1) is 0 Å². The number of carboxylic acids is 2. The molecule has 0 aliphatic heterocycles. The molecular formula is C32H46BaO6. The fourth-order valence-electron chi connectivity index (χ4n) is 4.00. The van der Waals surface area contributed by atoms with Crippen molar-refractivity contribution in [2.45, 2.75) is 104 Å². The summed E-state index contributed by atoms with van der Waals surface area (Å²) in [5.41, 5.74) is 0.260. The summed E-state index contributed by atoms with van der Waals surface area (Å²) >= 11 is 0. The van der Waals surface area contributed by atoms with E-state index in [0.717, 1.165) is 25.7 Å². The van der Waals surface area contributed by atoms with Crippen molar-refractivity contribution in [3.8, 4) is 11.5 Å². The molecule has 0 fully saturated rings. The number of aromatic carboxylic acids is 2. The summed E-state index contributed by atoms with van der Waals surface area (Å²) in [4.78, 5) is 21.7. The van der Waals surface area contributed by atoms with E-state index < -0.39 is 11.9 Å². The Morgan fingerprint density at radius 3 is 1.18 bits per heavy atom. The van der Waals surface area contributed by atoms with E-state index >= 15 is 0 Å². The zero-order chi connectivity index (χ0) is 27.8. The van der Waals surface area contributed by atoms with E-state index in [1.165, 1.54) is 76.3 Å². The smallest absolute Gasteiger partial charge is 0.545 e. The van der Waals surface area contributed by atoms with Gasteiger partial charge in [0.05, 0.1) is 25.2 Å². The van der Waals surface area contributed by atoms with Gasteiger partial charge in [0.1, 0.15) is 11.5 Å². The number of hydrogen-bond donors (Lipinski definition) is 0. The molecule has 0 aliphatic carbocycles. The molecule has 0 amide bonds. The second kappa shape index (κ2) is 25.5. The zero-order valence-corrected chi connectivity index (χ0v) is 28.5. The molecule has 0 saturated carbocycles. The predicted molar refractivity (Wildman–Crippen MR) is 154 cm³/mol. The Hall–Kier alpha value is -1.45. The maximum atomic E-state index is 10.9. The molecule has 39 heavy (non-hydrogen) atoms. The number of para-hydroxylation sites is 2. The molecule has 0 saturated heterocycles. The molecule has 0 spiro atoms. The fraction of sp³-hybridized carbons (Fsp3) is 0.562. The third-order valence-corrected chi connectivity index (χ3v) is 6.22. The first-order chi connectivity index (χ1) is 18.5. The van der Waals surface area contributed by atoms with Gasteiger partial charge in [0.2, 0.25) is 0 Å². The third kappa shape index (κ3) is 18.5. The molecule has 2 aromatic carbocycles. The molecule has 2 aromatic rings. The summed E-state index contributed by atoms with van der Waals surface area (Å²) in [6.45, 7) is 5.56. The van der Waals surface area contributed by atoms with Gasteiger partial charge in [0.15, 0.2) is 0 Å². The Morgan fingerprint density at radius 2 is 0.846 bits per heavy atom. The van der Waals surface area contributed by atoms with Gasteiger partial charge in [0, 0.05) is 11.1 Å². The van der Waals surface area contributed by atoms with Gasteiger partial charge >= 0.3 is 48.9 Å². The van der Waals surface area contributed by atoms with Crippen LogP contribution in [0.25, 0.3) is 0 Å². The van der Waals surface area contributed by atoms with Gasteiger partial charge in [-0.05, 0) is 37.1 Å². The van der Waals surface area contributed by atoms with Crippen LogP contribution in [0.15, 0.2) is 48.5 Å². The molecule has 0 aromatic heterocycles. The van der Waals surface area contributed by atoms with Gasteiger partial charge in [0.25, 0.3) is 0 Å². The maximum Gasteiger partial charge on any atom is 2.00 e. The topological polar surface area (TPSA) is 98.7 Å². The SMILES string of the molecule is CCCCCCCCCOc1ccccc1C(=O)[O-].CCCCCCCCCOc1ccccc1C(=O)[O-].[Ba+2]. The van der Waals surface area contributed by atoms with E-state index in [-0.39, 0.29) is 60.0 Å². The average molecular weight is 664 g/mol. The summed E-state index contributed by atoms with van der Waals surface area (Å²) in [5, 5.41) is 21.7. The van der Waals surface area contributed by atoms with E-state index in [9.17, 15) is 19.8 Å². The average Bonchev–Trinajstić information content (AvgIpc) is 2.92. The van der Waals surface area contributed by atoms with Crippen LogP contribution in [0.3, 0.4) is 0 Å². The standard InChI is InChI=1S/2C16H24O3.Ba/c2*1-2-3-4-5-6-7-10-13-19-15-12-9-8-11-14(15)16(17)18;/h2*8-9,11-12H,2-7,10,13H2,1H3,(H,17,18);/q;;+2/p-2. The number of carbonyl (C=O) groups excluding carboxylic acids is 2. The van der Waals surface area contributed by atoms with Crippen molar-refractivity contribution in [1.82, 2.24) is 0 Å². The number of carboxylic acid groups (broad SMARTS) is 2.